The summed E-state index contributed by atoms with van der Waals surface area (Å²) < 4.78 is 0. The van der Waals surface area contributed by atoms with Crippen LogP contribution in [0.4, 0.5) is 17.5 Å². The van der Waals surface area contributed by atoms with Crippen molar-refractivity contribution in [3.63, 3.8) is 0 Å². The standard InChI is InChI=1S/C16H20ClN5/c1-11-4-3-5-13(12(11)2)21-6-8-22(9-7-21)15-10-14(17)19-16(18)20-15/h3-5,10H,6-9H2,1-2H3,(H2,18,19,20). The average molecular weight is 318 g/mol. The van der Waals surface area contributed by atoms with Gasteiger partial charge in [0.1, 0.15) is 11.0 Å². The van der Waals surface area contributed by atoms with Gasteiger partial charge in [0.15, 0.2) is 0 Å². The Kier molecular flexibility index (Phi) is 4.07. The van der Waals surface area contributed by atoms with Crippen LogP contribution in [0.25, 0.3) is 0 Å². The maximum absolute atomic E-state index is 5.96. The van der Waals surface area contributed by atoms with Crippen LogP contribution in [-0.2, 0) is 0 Å². The van der Waals surface area contributed by atoms with Crippen LogP contribution in [0.3, 0.4) is 0 Å². The maximum atomic E-state index is 5.96. The summed E-state index contributed by atoms with van der Waals surface area (Å²) in [5.74, 6) is 1.03. The van der Waals surface area contributed by atoms with Crippen LogP contribution in [0.5, 0.6) is 0 Å². The zero-order valence-corrected chi connectivity index (χ0v) is 13.6. The SMILES string of the molecule is Cc1cccc(N2CCN(c3cc(Cl)nc(N)n3)CC2)c1C. The molecule has 1 aromatic heterocycles. The first-order valence-electron chi connectivity index (χ1n) is 7.41. The average Bonchev–Trinajstić information content (AvgIpc) is 2.49. The van der Waals surface area contributed by atoms with Gasteiger partial charge in [0.25, 0.3) is 0 Å². The number of aryl methyl sites for hydroxylation is 1. The molecule has 0 unspecified atom stereocenters. The van der Waals surface area contributed by atoms with Gasteiger partial charge in [-0.15, -0.1) is 0 Å². The molecule has 1 aliphatic heterocycles. The summed E-state index contributed by atoms with van der Waals surface area (Å²) in [6.07, 6.45) is 0. The molecule has 0 bridgehead atoms. The highest BCUT2D eigenvalue weighted by Gasteiger charge is 2.20. The van der Waals surface area contributed by atoms with Crippen molar-refractivity contribution in [2.24, 2.45) is 0 Å². The van der Waals surface area contributed by atoms with Crippen molar-refractivity contribution in [2.75, 3.05) is 41.7 Å². The number of aromatic nitrogens is 2. The Hall–Kier alpha value is -2.01. The number of nitrogens with zero attached hydrogens (tertiary/aromatic N) is 4. The summed E-state index contributed by atoms with van der Waals surface area (Å²) in [4.78, 5) is 12.8. The summed E-state index contributed by atoms with van der Waals surface area (Å²) in [6.45, 7) is 8.01. The molecule has 3 rings (SSSR count). The van der Waals surface area contributed by atoms with E-state index in [9.17, 15) is 0 Å². The van der Waals surface area contributed by atoms with E-state index in [-0.39, 0.29) is 5.95 Å². The van der Waals surface area contributed by atoms with Gasteiger partial charge in [-0.2, -0.15) is 4.98 Å². The van der Waals surface area contributed by atoms with Gasteiger partial charge in [0.05, 0.1) is 0 Å². The minimum atomic E-state index is 0.222. The van der Waals surface area contributed by atoms with E-state index in [0.717, 1.165) is 32.0 Å². The molecule has 2 aromatic rings. The van der Waals surface area contributed by atoms with E-state index < -0.39 is 0 Å². The quantitative estimate of drug-likeness (QED) is 0.863. The Morgan fingerprint density at radius 1 is 1.05 bits per heavy atom. The van der Waals surface area contributed by atoms with Crippen molar-refractivity contribution >= 4 is 29.1 Å². The fourth-order valence-corrected chi connectivity index (χ4v) is 3.02. The Morgan fingerprint density at radius 3 is 2.41 bits per heavy atom. The second-order valence-corrected chi connectivity index (χ2v) is 5.99. The van der Waals surface area contributed by atoms with Crippen LogP contribution in [0.2, 0.25) is 5.15 Å². The number of rotatable bonds is 2. The largest absolute Gasteiger partial charge is 0.368 e. The van der Waals surface area contributed by atoms with Crippen molar-refractivity contribution in [2.45, 2.75) is 13.8 Å². The number of hydrogen-bond donors (Lipinski definition) is 1. The van der Waals surface area contributed by atoms with Gasteiger partial charge in [-0.3, -0.25) is 0 Å². The van der Waals surface area contributed by atoms with Gasteiger partial charge in [0.2, 0.25) is 5.95 Å². The number of anilines is 3. The third-order valence-electron chi connectivity index (χ3n) is 4.22. The summed E-state index contributed by atoms with van der Waals surface area (Å²) >= 11 is 5.96. The Labute approximate surface area is 135 Å². The van der Waals surface area contributed by atoms with Crippen LogP contribution in [0.1, 0.15) is 11.1 Å². The van der Waals surface area contributed by atoms with Gasteiger partial charge in [-0.05, 0) is 31.0 Å². The van der Waals surface area contributed by atoms with E-state index in [2.05, 4.69) is 51.8 Å². The van der Waals surface area contributed by atoms with Gasteiger partial charge in [-0.1, -0.05) is 23.7 Å². The molecule has 0 aliphatic carbocycles. The van der Waals surface area contributed by atoms with Crippen molar-refractivity contribution in [3.8, 4) is 0 Å². The van der Waals surface area contributed by atoms with E-state index >= 15 is 0 Å². The monoisotopic (exact) mass is 317 g/mol. The molecular weight excluding hydrogens is 298 g/mol. The first-order chi connectivity index (χ1) is 10.5. The number of piperazine rings is 1. The smallest absolute Gasteiger partial charge is 0.223 e. The van der Waals surface area contributed by atoms with Gasteiger partial charge < -0.3 is 15.5 Å². The maximum Gasteiger partial charge on any atom is 0.223 e. The summed E-state index contributed by atoms with van der Waals surface area (Å²) in [7, 11) is 0. The molecule has 0 spiro atoms. The van der Waals surface area contributed by atoms with E-state index in [1.54, 1.807) is 6.07 Å². The molecular formula is C16H20ClN5. The molecule has 0 saturated carbocycles. The highest BCUT2D eigenvalue weighted by Crippen LogP contribution is 2.25. The topological polar surface area (TPSA) is 58.3 Å². The van der Waals surface area contributed by atoms with Gasteiger partial charge in [0, 0.05) is 37.9 Å². The first kappa shape index (κ1) is 14.9. The highest BCUT2D eigenvalue weighted by atomic mass is 35.5. The van der Waals surface area contributed by atoms with Crippen LogP contribution < -0.4 is 15.5 Å². The molecule has 116 valence electrons. The van der Waals surface area contributed by atoms with Gasteiger partial charge >= 0.3 is 0 Å². The minimum Gasteiger partial charge on any atom is -0.368 e. The summed E-state index contributed by atoms with van der Waals surface area (Å²) in [5.41, 5.74) is 9.68. The summed E-state index contributed by atoms with van der Waals surface area (Å²) in [6, 6.07) is 8.23. The highest BCUT2D eigenvalue weighted by molar-refractivity contribution is 6.29. The molecule has 2 N–H and O–H groups in total. The molecule has 1 aromatic carbocycles. The Balaban J connectivity index is 1.73. The molecule has 5 nitrogen and oxygen atoms in total. The lowest BCUT2D eigenvalue weighted by Gasteiger charge is -2.37. The summed E-state index contributed by atoms with van der Waals surface area (Å²) in [5, 5.41) is 0.388. The molecule has 0 amide bonds. The van der Waals surface area contributed by atoms with Gasteiger partial charge in [-0.25, -0.2) is 4.98 Å². The lowest BCUT2D eigenvalue weighted by Crippen LogP contribution is -2.47. The van der Waals surface area contributed by atoms with Crippen LogP contribution >= 0.6 is 11.6 Å². The number of halogens is 1. The van der Waals surface area contributed by atoms with Crippen molar-refractivity contribution in [1.29, 1.82) is 0 Å². The zero-order chi connectivity index (χ0) is 15.7. The zero-order valence-electron chi connectivity index (χ0n) is 12.9. The van der Waals surface area contributed by atoms with Crippen LogP contribution in [-0.4, -0.2) is 36.1 Å². The van der Waals surface area contributed by atoms with Crippen LogP contribution in [0, 0.1) is 13.8 Å². The van der Waals surface area contributed by atoms with Crippen LogP contribution in [0.15, 0.2) is 24.3 Å². The van der Waals surface area contributed by atoms with E-state index in [1.807, 2.05) is 0 Å². The first-order valence-corrected chi connectivity index (χ1v) is 7.78. The predicted octanol–water partition coefficient (Wildman–Crippen LogP) is 2.66. The van der Waals surface area contributed by atoms with Crippen molar-refractivity contribution in [1.82, 2.24) is 9.97 Å². The van der Waals surface area contributed by atoms with Crippen molar-refractivity contribution in [3.05, 3.63) is 40.5 Å². The number of nitrogens with two attached hydrogens (primary N) is 1. The molecule has 1 saturated heterocycles. The molecule has 0 radical (unpaired) electrons. The Bertz CT molecular complexity index is 660. The third-order valence-corrected chi connectivity index (χ3v) is 4.41. The molecule has 2 heterocycles. The number of benzene rings is 1. The lowest BCUT2D eigenvalue weighted by molar-refractivity contribution is 0.646. The fraction of sp³-hybridized carbons (Fsp3) is 0.375. The third kappa shape index (κ3) is 2.95. The molecule has 22 heavy (non-hydrogen) atoms. The minimum absolute atomic E-state index is 0.222. The molecule has 1 aliphatic rings. The van der Waals surface area contributed by atoms with E-state index in [4.69, 9.17) is 17.3 Å². The second kappa shape index (κ2) is 6.01. The lowest BCUT2D eigenvalue weighted by atomic mass is 10.1. The van der Waals surface area contributed by atoms with Crippen molar-refractivity contribution < 1.29 is 0 Å². The predicted molar refractivity (Wildman–Crippen MR) is 91.8 cm³/mol. The molecule has 1 fully saturated rings. The number of nitrogen functional groups attached to an aromatic ring is 1. The normalized spacial score (nSPS) is 15.2. The fourth-order valence-electron chi connectivity index (χ4n) is 2.84. The molecule has 6 heteroatoms. The number of hydrogen-bond acceptors (Lipinski definition) is 5. The molecule has 0 atom stereocenters. The Morgan fingerprint density at radius 2 is 1.73 bits per heavy atom. The van der Waals surface area contributed by atoms with E-state index in [1.165, 1.54) is 16.8 Å². The van der Waals surface area contributed by atoms with E-state index in [0.29, 0.717) is 5.15 Å². The second-order valence-electron chi connectivity index (χ2n) is 5.60.